The van der Waals surface area contributed by atoms with Gasteiger partial charge in [0.1, 0.15) is 6.04 Å². The quantitative estimate of drug-likeness (QED) is 0.820. The Labute approximate surface area is 128 Å². The molecule has 120 valence electrons. The first-order chi connectivity index (χ1) is 10.2. The number of benzene rings is 1. The Morgan fingerprint density at radius 2 is 1.86 bits per heavy atom. The average Bonchev–Trinajstić information content (AvgIpc) is 2.82. The maximum atomic E-state index is 12.2. The fraction of sp³-hybridized carbons (Fsp3) is 0.429. The van der Waals surface area contributed by atoms with Crippen LogP contribution in [0.2, 0.25) is 0 Å². The first-order valence-corrected chi connectivity index (χ1v) is 8.11. The summed E-state index contributed by atoms with van der Waals surface area (Å²) in [5.74, 6) is -1.60. The standard InChI is InChI=1S/C14H17NO6S/c1-9-3-5-12(6-4-9)22(19,20)21-11-7-13(14(17)18)15(8-11)10(2)16/h3-6,11,13H,7-8H2,1-2H3,(H,17,18). The first-order valence-electron chi connectivity index (χ1n) is 6.70. The molecule has 0 saturated carbocycles. The van der Waals surface area contributed by atoms with Crippen molar-refractivity contribution in [3.05, 3.63) is 29.8 Å². The molecule has 0 spiro atoms. The first kappa shape index (κ1) is 16.4. The lowest BCUT2D eigenvalue weighted by atomic mass is 10.2. The zero-order chi connectivity index (χ0) is 16.5. The van der Waals surface area contributed by atoms with E-state index in [-0.39, 0.29) is 17.9 Å². The van der Waals surface area contributed by atoms with E-state index in [2.05, 4.69) is 0 Å². The highest BCUT2D eigenvalue weighted by molar-refractivity contribution is 7.86. The second-order valence-corrected chi connectivity index (χ2v) is 6.82. The van der Waals surface area contributed by atoms with Gasteiger partial charge in [0, 0.05) is 19.9 Å². The summed E-state index contributed by atoms with van der Waals surface area (Å²) in [6.07, 6.45) is -0.920. The Kier molecular flexibility index (Phi) is 4.52. The molecule has 1 amide bonds. The second kappa shape index (κ2) is 6.05. The van der Waals surface area contributed by atoms with Crippen LogP contribution >= 0.6 is 0 Å². The van der Waals surface area contributed by atoms with Crippen molar-refractivity contribution in [3.63, 3.8) is 0 Å². The monoisotopic (exact) mass is 327 g/mol. The maximum Gasteiger partial charge on any atom is 0.326 e. The van der Waals surface area contributed by atoms with Gasteiger partial charge in [-0.15, -0.1) is 0 Å². The van der Waals surface area contributed by atoms with Crippen molar-refractivity contribution >= 4 is 22.0 Å². The number of carboxylic acid groups (broad SMARTS) is 1. The molecule has 22 heavy (non-hydrogen) atoms. The van der Waals surface area contributed by atoms with E-state index in [0.29, 0.717) is 0 Å². The third-order valence-corrected chi connectivity index (χ3v) is 4.90. The van der Waals surface area contributed by atoms with Crippen LogP contribution in [0.1, 0.15) is 18.9 Å². The number of amides is 1. The predicted molar refractivity (Wildman–Crippen MR) is 76.7 cm³/mol. The minimum absolute atomic E-state index is 0.00579. The number of carboxylic acids is 1. The van der Waals surface area contributed by atoms with Crippen LogP contribution in [-0.2, 0) is 23.9 Å². The Morgan fingerprint density at radius 1 is 1.27 bits per heavy atom. The highest BCUT2D eigenvalue weighted by Crippen LogP contribution is 2.25. The van der Waals surface area contributed by atoms with Crippen molar-refractivity contribution < 1.29 is 27.3 Å². The van der Waals surface area contributed by atoms with Crippen LogP contribution in [0.5, 0.6) is 0 Å². The van der Waals surface area contributed by atoms with Gasteiger partial charge in [0.15, 0.2) is 0 Å². The van der Waals surface area contributed by atoms with Crippen molar-refractivity contribution in [2.24, 2.45) is 0 Å². The van der Waals surface area contributed by atoms with Gasteiger partial charge in [-0.2, -0.15) is 8.42 Å². The summed E-state index contributed by atoms with van der Waals surface area (Å²) < 4.78 is 29.5. The zero-order valence-electron chi connectivity index (χ0n) is 12.2. The van der Waals surface area contributed by atoms with Crippen LogP contribution in [0.3, 0.4) is 0 Å². The van der Waals surface area contributed by atoms with Crippen molar-refractivity contribution in [1.29, 1.82) is 0 Å². The van der Waals surface area contributed by atoms with Crippen LogP contribution in [0.4, 0.5) is 0 Å². The highest BCUT2D eigenvalue weighted by Gasteiger charge is 2.41. The smallest absolute Gasteiger partial charge is 0.326 e. The van der Waals surface area contributed by atoms with Crippen LogP contribution in [-0.4, -0.2) is 49.0 Å². The van der Waals surface area contributed by atoms with Gasteiger partial charge in [-0.25, -0.2) is 4.79 Å². The van der Waals surface area contributed by atoms with Crippen LogP contribution in [0.15, 0.2) is 29.2 Å². The molecule has 2 atom stereocenters. The number of carbonyl (C=O) groups is 2. The molecule has 1 aliphatic rings. The molecule has 8 heteroatoms. The highest BCUT2D eigenvalue weighted by atomic mass is 32.2. The summed E-state index contributed by atoms with van der Waals surface area (Å²) in [5, 5.41) is 9.10. The molecule has 1 aliphatic heterocycles. The van der Waals surface area contributed by atoms with Gasteiger partial charge >= 0.3 is 5.97 Å². The molecule has 1 N–H and O–H groups in total. The van der Waals surface area contributed by atoms with Gasteiger partial charge in [0.05, 0.1) is 11.0 Å². The summed E-state index contributed by atoms with van der Waals surface area (Å²) in [4.78, 5) is 23.7. The van der Waals surface area contributed by atoms with E-state index in [1.807, 2.05) is 6.92 Å². The molecule has 1 saturated heterocycles. The fourth-order valence-electron chi connectivity index (χ4n) is 2.39. The number of carbonyl (C=O) groups excluding carboxylic acids is 1. The number of hydrogen-bond acceptors (Lipinski definition) is 5. The Hall–Kier alpha value is -1.93. The van der Waals surface area contributed by atoms with E-state index in [0.717, 1.165) is 10.5 Å². The summed E-state index contributed by atoms with van der Waals surface area (Å²) in [5.41, 5.74) is 0.911. The molecule has 1 fully saturated rings. The molecule has 2 unspecified atom stereocenters. The molecule has 2 rings (SSSR count). The van der Waals surface area contributed by atoms with E-state index in [1.165, 1.54) is 19.1 Å². The van der Waals surface area contributed by atoms with E-state index >= 15 is 0 Å². The zero-order valence-corrected chi connectivity index (χ0v) is 13.0. The minimum Gasteiger partial charge on any atom is -0.480 e. The third kappa shape index (κ3) is 3.45. The third-order valence-electron chi connectivity index (χ3n) is 3.52. The van der Waals surface area contributed by atoms with Crippen LogP contribution in [0, 0.1) is 6.92 Å². The molecule has 1 aromatic rings. The van der Waals surface area contributed by atoms with Gasteiger partial charge in [0.2, 0.25) is 5.91 Å². The number of likely N-dealkylation sites (tertiary alicyclic amines) is 1. The minimum atomic E-state index is -3.99. The Morgan fingerprint density at radius 3 is 2.32 bits per heavy atom. The SMILES string of the molecule is CC(=O)N1CC(OS(=O)(=O)c2ccc(C)cc2)CC1C(=O)O. The number of nitrogens with zero attached hydrogens (tertiary/aromatic N) is 1. The van der Waals surface area contributed by atoms with Gasteiger partial charge in [-0.05, 0) is 19.1 Å². The molecule has 1 heterocycles. The largest absolute Gasteiger partial charge is 0.480 e. The maximum absolute atomic E-state index is 12.2. The molecule has 0 radical (unpaired) electrons. The number of aryl methyl sites for hydroxylation is 1. The summed E-state index contributed by atoms with van der Waals surface area (Å²) in [6, 6.07) is 5.09. The number of aliphatic carboxylic acids is 1. The molecule has 7 nitrogen and oxygen atoms in total. The molecular formula is C14H17NO6S. The van der Waals surface area contributed by atoms with E-state index < -0.39 is 34.1 Å². The number of hydrogen-bond donors (Lipinski definition) is 1. The fourth-order valence-corrected chi connectivity index (χ4v) is 3.47. The lowest BCUT2D eigenvalue weighted by molar-refractivity contribution is -0.147. The normalized spacial score (nSPS) is 21.8. The summed E-state index contributed by atoms with van der Waals surface area (Å²) in [7, 11) is -3.99. The van der Waals surface area contributed by atoms with E-state index in [1.54, 1.807) is 12.1 Å². The van der Waals surface area contributed by atoms with Gasteiger partial charge in [0.25, 0.3) is 10.1 Å². The molecule has 0 aromatic heterocycles. The van der Waals surface area contributed by atoms with Crippen molar-refractivity contribution in [2.75, 3.05) is 6.54 Å². The van der Waals surface area contributed by atoms with Gasteiger partial charge in [-0.1, -0.05) is 17.7 Å². The van der Waals surface area contributed by atoms with Crippen LogP contribution in [0.25, 0.3) is 0 Å². The van der Waals surface area contributed by atoms with E-state index in [9.17, 15) is 18.0 Å². The molecule has 0 bridgehead atoms. The lowest BCUT2D eigenvalue weighted by Crippen LogP contribution is -2.39. The van der Waals surface area contributed by atoms with Crippen molar-refractivity contribution in [2.45, 2.75) is 37.3 Å². The summed E-state index contributed by atoms with van der Waals surface area (Å²) in [6.45, 7) is 3.01. The van der Waals surface area contributed by atoms with Crippen molar-refractivity contribution in [1.82, 2.24) is 4.90 Å². The predicted octanol–water partition coefficient (Wildman–Crippen LogP) is 0.774. The Bertz CT molecular complexity index is 660. The molecule has 1 aromatic carbocycles. The topological polar surface area (TPSA) is 101 Å². The van der Waals surface area contributed by atoms with Crippen molar-refractivity contribution in [3.8, 4) is 0 Å². The number of rotatable bonds is 4. The lowest BCUT2D eigenvalue weighted by Gasteiger charge is -2.18. The summed E-state index contributed by atoms with van der Waals surface area (Å²) >= 11 is 0. The van der Waals surface area contributed by atoms with Crippen LogP contribution < -0.4 is 0 Å². The molecule has 0 aliphatic carbocycles. The van der Waals surface area contributed by atoms with Gasteiger partial charge < -0.3 is 10.0 Å². The van der Waals surface area contributed by atoms with Gasteiger partial charge in [-0.3, -0.25) is 8.98 Å². The molecular weight excluding hydrogens is 310 g/mol. The second-order valence-electron chi connectivity index (χ2n) is 5.25. The Balaban J connectivity index is 2.15. The van der Waals surface area contributed by atoms with E-state index in [4.69, 9.17) is 9.29 Å². The average molecular weight is 327 g/mol.